The number of anilines is 1. The van der Waals surface area contributed by atoms with E-state index in [1.54, 1.807) is 6.07 Å². The standard InChI is InChI=1S/C13H17N3O5/c1-2-7-15(9-13(18)19)12(17)8-14-10-5-3-4-6-11(10)16(20)21/h3-6,14H,2,7-9H2,1H3,(H,18,19). The number of rotatable bonds is 8. The Morgan fingerprint density at radius 2 is 2.05 bits per heavy atom. The van der Waals surface area contributed by atoms with Crippen molar-refractivity contribution < 1.29 is 19.6 Å². The van der Waals surface area contributed by atoms with Crippen LogP contribution in [0, 0.1) is 10.1 Å². The summed E-state index contributed by atoms with van der Waals surface area (Å²) in [4.78, 5) is 34.1. The van der Waals surface area contributed by atoms with Gasteiger partial charge in [-0.2, -0.15) is 0 Å². The van der Waals surface area contributed by atoms with Crippen molar-refractivity contribution in [3.8, 4) is 0 Å². The largest absolute Gasteiger partial charge is 0.480 e. The zero-order valence-electron chi connectivity index (χ0n) is 11.6. The summed E-state index contributed by atoms with van der Waals surface area (Å²) in [5.74, 6) is -1.51. The molecule has 0 bridgehead atoms. The smallest absolute Gasteiger partial charge is 0.323 e. The van der Waals surface area contributed by atoms with E-state index in [1.165, 1.54) is 23.1 Å². The minimum Gasteiger partial charge on any atom is -0.480 e. The Bertz CT molecular complexity index is 532. The van der Waals surface area contributed by atoms with Crippen molar-refractivity contribution in [3.63, 3.8) is 0 Å². The molecule has 0 saturated heterocycles. The molecule has 8 heteroatoms. The normalized spacial score (nSPS) is 9.95. The van der Waals surface area contributed by atoms with Gasteiger partial charge in [0.2, 0.25) is 5.91 Å². The van der Waals surface area contributed by atoms with E-state index in [4.69, 9.17) is 5.11 Å². The first-order valence-corrected chi connectivity index (χ1v) is 6.42. The number of hydrogen-bond acceptors (Lipinski definition) is 5. The average molecular weight is 295 g/mol. The number of carboxylic acids is 1. The number of nitro benzene ring substituents is 1. The molecule has 1 amide bonds. The van der Waals surface area contributed by atoms with Crippen LogP contribution in [0.15, 0.2) is 24.3 Å². The third kappa shape index (κ3) is 5.09. The summed E-state index contributed by atoms with van der Waals surface area (Å²) >= 11 is 0. The monoisotopic (exact) mass is 295 g/mol. The van der Waals surface area contributed by atoms with Gasteiger partial charge < -0.3 is 15.3 Å². The Kier molecular flexibility index (Phi) is 6.12. The molecule has 0 aliphatic carbocycles. The molecule has 0 aromatic heterocycles. The predicted octanol–water partition coefficient (Wildman–Crippen LogP) is 1.33. The van der Waals surface area contributed by atoms with Crippen LogP contribution in [0.3, 0.4) is 0 Å². The number of amides is 1. The number of nitrogens with zero attached hydrogens (tertiary/aromatic N) is 2. The van der Waals surface area contributed by atoms with Gasteiger partial charge in [-0.1, -0.05) is 19.1 Å². The molecule has 2 N–H and O–H groups in total. The van der Waals surface area contributed by atoms with Crippen LogP contribution in [0.25, 0.3) is 0 Å². The maximum Gasteiger partial charge on any atom is 0.323 e. The van der Waals surface area contributed by atoms with Gasteiger partial charge in [0, 0.05) is 12.6 Å². The summed E-state index contributed by atoms with van der Waals surface area (Å²) < 4.78 is 0. The molecule has 0 aliphatic heterocycles. The van der Waals surface area contributed by atoms with E-state index in [9.17, 15) is 19.7 Å². The number of carbonyl (C=O) groups excluding carboxylic acids is 1. The fraction of sp³-hybridized carbons (Fsp3) is 0.385. The first-order chi connectivity index (χ1) is 9.95. The number of carboxylic acid groups (broad SMARTS) is 1. The van der Waals surface area contributed by atoms with E-state index >= 15 is 0 Å². The Morgan fingerprint density at radius 3 is 2.62 bits per heavy atom. The van der Waals surface area contributed by atoms with E-state index < -0.39 is 16.8 Å². The van der Waals surface area contributed by atoms with E-state index in [2.05, 4.69) is 5.32 Å². The van der Waals surface area contributed by atoms with Crippen LogP contribution in [-0.4, -0.2) is 46.4 Å². The van der Waals surface area contributed by atoms with Crippen molar-refractivity contribution in [3.05, 3.63) is 34.4 Å². The number of para-hydroxylation sites is 2. The third-order valence-electron chi connectivity index (χ3n) is 2.70. The molecule has 0 radical (unpaired) electrons. The lowest BCUT2D eigenvalue weighted by molar-refractivity contribution is -0.383. The lowest BCUT2D eigenvalue weighted by Gasteiger charge is -2.20. The second kappa shape index (κ2) is 7.83. The van der Waals surface area contributed by atoms with Crippen molar-refractivity contribution in [1.82, 2.24) is 4.90 Å². The fourth-order valence-corrected chi connectivity index (χ4v) is 1.79. The van der Waals surface area contributed by atoms with Gasteiger partial charge in [0.15, 0.2) is 0 Å². The molecule has 0 saturated carbocycles. The van der Waals surface area contributed by atoms with Crippen LogP contribution < -0.4 is 5.32 Å². The van der Waals surface area contributed by atoms with E-state index in [0.717, 1.165) is 0 Å². The highest BCUT2D eigenvalue weighted by molar-refractivity contribution is 5.85. The molecule has 1 rings (SSSR count). The molecule has 1 aromatic rings. The summed E-state index contributed by atoms with van der Waals surface area (Å²) in [7, 11) is 0. The SMILES string of the molecule is CCCN(CC(=O)O)C(=O)CNc1ccccc1[N+](=O)[O-]. The van der Waals surface area contributed by atoms with Crippen molar-refractivity contribution in [1.29, 1.82) is 0 Å². The average Bonchev–Trinajstić information content (AvgIpc) is 2.44. The number of nitro groups is 1. The Morgan fingerprint density at radius 1 is 1.38 bits per heavy atom. The van der Waals surface area contributed by atoms with Gasteiger partial charge in [0.1, 0.15) is 12.2 Å². The number of hydrogen-bond donors (Lipinski definition) is 2. The summed E-state index contributed by atoms with van der Waals surface area (Å²) in [6.45, 7) is 1.57. The molecule has 8 nitrogen and oxygen atoms in total. The minimum atomic E-state index is -1.09. The van der Waals surface area contributed by atoms with Crippen LogP contribution in [0.2, 0.25) is 0 Å². The molecule has 0 atom stereocenters. The van der Waals surface area contributed by atoms with Gasteiger partial charge in [-0.25, -0.2) is 0 Å². The summed E-state index contributed by atoms with van der Waals surface area (Å²) in [6.07, 6.45) is 0.629. The Hall–Kier alpha value is -2.64. The van der Waals surface area contributed by atoms with Gasteiger partial charge in [0.25, 0.3) is 5.69 Å². The summed E-state index contributed by atoms with van der Waals surface area (Å²) in [6, 6.07) is 5.96. The number of benzene rings is 1. The first-order valence-electron chi connectivity index (χ1n) is 6.42. The predicted molar refractivity (Wildman–Crippen MR) is 76.1 cm³/mol. The van der Waals surface area contributed by atoms with Gasteiger partial charge in [-0.15, -0.1) is 0 Å². The third-order valence-corrected chi connectivity index (χ3v) is 2.70. The van der Waals surface area contributed by atoms with Crippen molar-refractivity contribution in [2.45, 2.75) is 13.3 Å². The van der Waals surface area contributed by atoms with Crippen LogP contribution in [0.1, 0.15) is 13.3 Å². The molecule has 0 fully saturated rings. The molecule has 1 aromatic carbocycles. The number of nitrogens with one attached hydrogen (secondary N) is 1. The highest BCUT2D eigenvalue weighted by Crippen LogP contribution is 2.22. The minimum absolute atomic E-state index is 0.134. The van der Waals surface area contributed by atoms with Crippen LogP contribution >= 0.6 is 0 Å². The molecule has 114 valence electrons. The van der Waals surface area contributed by atoms with Gasteiger partial charge in [-0.05, 0) is 12.5 Å². The zero-order chi connectivity index (χ0) is 15.8. The maximum absolute atomic E-state index is 12.0. The second-order valence-corrected chi connectivity index (χ2v) is 4.34. The van der Waals surface area contributed by atoms with E-state index in [1.807, 2.05) is 6.92 Å². The lowest BCUT2D eigenvalue weighted by Crippen LogP contribution is -2.39. The Balaban J connectivity index is 2.71. The molecule has 0 spiro atoms. The molecular formula is C13H17N3O5. The molecule has 0 aliphatic rings. The van der Waals surface area contributed by atoms with E-state index in [-0.39, 0.29) is 24.5 Å². The lowest BCUT2D eigenvalue weighted by atomic mass is 10.2. The van der Waals surface area contributed by atoms with Crippen molar-refractivity contribution in [2.75, 3.05) is 25.0 Å². The fourth-order valence-electron chi connectivity index (χ4n) is 1.79. The number of carbonyl (C=O) groups is 2. The summed E-state index contributed by atoms with van der Waals surface area (Å²) in [5, 5.41) is 22.3. The summed E-state index contributed by atoms with van der Waals surface area (Å²) in [5.41, 5.74) is 0.0909. The van der Waals surface area contributed by atoms with E-state index in [0.29, 0.717) is 13.0 Å². The zero-order valence-corrected chi connectivity index (χ0v) is 11.6. The highest BCUT2D eigenvalue weighted by Gasteiger charge is 2.17. The maximum atomic E-state index is 12.0. The van der Waals surface area contributed by atoms with Crippen molar-refractivity contribution >= 4 is 23.3 Å². The first kappa shape index (κ1) is 16.4. The van der Waals surface area contributed by atoms with Crippen LogP contribution in [0.4, 0.5) is 11.4 Å². The van der Waals surface area contributed by atoms with Crippen molar-refractivity contribution in [2.24, 2.45) is 0 Å². The quantitative estimate of drug-likeness (QED) is 0.552. The van der Waals surface area contributed by atoms with Crippen LogP contribution in [0.5, 0.6) is 0 Å². The Labute approximate surface area is 121 Å². The van der Waals surface area contributed by atoms with Gasteiger partial charge >= 0.3 is 5.97 Å². The molecular weight excluding hydrogens is 278 g/mol. The van der Waals surface area contributed by atoms with Crippen LogP contribution in [-0.2, 0) is 9.59 Å². The molecule has 21 heavy (non-hydrogen) atoms. The second-order valence-electron chi connectivity index (χ2n) is 4.34. The number of aliphatic carboxylic acids is 1. The molecule has 0 unspecified atom stereocenters. The topological polar surface area (TPSA) is 113 Å². The highest BCUT2D eigenvalue weighted by atomic mass is 16.6. The van der Waals surface area contributed by atoms with Gasteiger partial charge in [-0.3, -0.25) is 19.7 Å². The van der Waals surface area contributed by atoms with Gasteiger partial charge in [0.05, 0.1) is 11.5 Å². The molecule has 0 heterocycles.